The van der Waals surface area contributed by atoms with Gasteiger partial charge in [0.25, 0.3) is 0 Å². The molecule has 92 valence electrons. The standard InChI is InChI=1S/C18H15N/c1-14-10-11-16(18-9-5-6-12-19-18)13-17(14)15-7-3-2-4-8-15/h2-13H,1H3. The number of aryl methyl sites for hydroxylation is 1. The Bertz CT molecular complexity index is 673. The van der Waals surface area contributed by atoms with Gasteiger partial charge in [0.15, 0.2) is 0 Å². The Morgan fingerprint density at radius 3 is 2.26 bits per heavy atom. The summed E-state index contributed by atoms with van der Waals surface area (Å²) in [6.45, 7) is 2.14. The van der Waals surface area contributed by atoms with Crippen molar-refractivity contribution in [2.75, 3.05) is 0 Å². The lowest BCUT2D eigenvalue weighted by atomic mass is 9.97. The van der Waals surface area contributed by atoms with Crippen molar-refractivity contribution in [1.82, 2.24) is 4.98 Å². The fourth-order valence-corrected chi connectivity index (χ4v) is 2.24. The molecule has 0 aliphatic rings. The molecule has 19 heavy (non-hydrogen) atoms. The summed E-state index contributed by atoms with van der Waals surface area (Å²) in [7, 11) is 0. The summed E-state index contributed by atoms with van der Waals surface area (Å²) >= 11 is 0. The summed E-state index contributed by atoms with van der Waals surface area (Å²) in [6.07, 6.45) is 1.83. The molecule has 0 aliphatic heterocycles. The number of hydrogen-bond acceptors (Lipinski definition) is 1. The van der Waals surface area contributed by atoms with Crippen LogP contribution in [0.15, 0.2) is 72.9 Å². The second-order valence-corrected chi connectivity index (χ2v) is 4.61. The Morgan fingerprint density at radius 2 is 1.53 bits per heavy atom. The zero-order chi connectivity index (χ0) is 13.1. The Hall–Kier alpha value is -2.41. The maximum atomic E-state index is 4.41. The molecular formula is C18H15N. The zero-order valence-electron chi connectivity index (χ0n) is 10.9. The molecule has 1 heteroatoms. The quantitative estimate of drug-likeness (QED) is 0.636. The summed E-state index contributed by atoms with van der Waals surface area (Å²) in [5, 5.41) is 0. The van der Waals surface area contributed by atoms with E-state index in [1.54, 1.807) is 0 Å². The van der Waals surface area contributed by atoms with E-state index < -0.39 is 0 Å². The predicted molar refractivity (Wildman–Crippen MR) is 79.8 cm³/mol. The molecule has 0 saturated carbocycles. The minimum atomic E-state index is 1.01. The van der Waals surface area contributed by atoms with Crippen molar-refractivity contribution in [3.8, 4) is 22.4 Å². The largest absolute Gasteiger partial charge is 0.256 e. The highest BCUT2D eigenvalue weighted by molar-refractivity contribution is 5.74. The first kappa shape index (κ1) is 11.7. The molecule has 1 aromatic heterocycles. The highest BCUT2D eigenvalue weighted by Crippen LogP contribution is 2.28. The minimum Gasteiger partial charge on any atom is -0.256 e. The Morgan fingerprint density at radius 1 is 0.737 bits per heavy atom. The fraction of sp³-hybridized carbons (Fsp3) is 0.0556. The van der Waals surface area contributed by atoms with E-state index in [2.05, 4.69) is 54.4 Å². The third-order valence-corrected chi connectivity index (χ3v) is 3.28. The van der Waals surface area contributed by atoms with E-state index in [-0.39, 0.29) is 0 Å². The molecule has 0 radical (unpaired) electrons. The van der Waals surface area contributed by atoms with Crippen LogP contribution in [0, 0.1) is 6.92 Å². The lowest BCUT2D eigenvalue weighted by Gasteiger charge is -2.09. The molecule has 1 heterocycles. The number of nitrogens with zero attached hydrogens (tertiary/aromatic N) is 1. The topological polar surface area (TPSA) is 12.9 Å². The van der Waals surface area contributed by atoms with Gasteiger partial charge in [-0.15, -0.1) is 0 Å². The van der Waals surface area contributed by atoms with Crippen molar-refractivity contribution in [2.24, 2.45) is 0 Å². The SMILES string of the molecule is Cc1ccc(-c2ccccn2)cc1-c1ccccc1. The fourth-order valence-electron chi connectivity index (χ4n) is 2.24. The van der Waals surface area contributed by atoms with Gasteiger partial charge in [-0.2, -0.15) is 0 Å². The Labute approximate surface area is 113 Å². The second-order valence-electron chi connectivity index (χ2n) is 4.61. The molecule has 0 N–H and O–H groups in total. The maximum absolute atomic E-state index is 4.41. The van der Waals surface area contributed by atoms with Crippen LogP contribution < -0.4 is 0 Å². The molecule has 3 rings (SSSR count). The first-order chi connectivity index (χ1) is 9.34. The summed E-state index contributed by atoms with van der Waals surface area (Å²) < 4.78 is 0. The third-order valence-electron chi connectivity index (χ3n) is 3.28. The van der Waals surface area contributed by atoms with Crippen molar-refractivity contribution in [3.63, 3.8) is 0 Å². The van der Waals surface area contributed by atoms with Crippen LogP contribution in [0.4, 0.5) is 0 Å². The summed E-state index contributed by atoms with van der Waals surface area (Å²) in [4.78, 5) is 4.41. The van der Waals surface area contributed by atoms with Crippen LogP contribution in [0.25, 0.3) is 22.4 Å². The highest BCUT2D eigenvalue weighted by atomic mass is 14.7. The number of hydrogen-bond donors (Lipinski definition) is 0. The average molecular weight is 245 g/mol. The molecule has 0 spiro atoms. The van der Waals surface area contributed by atoms with Crippen molar-refractivity contribution in [1.29, 1.82) is 0 Å². The molecule has 3 aromatic rings. The van der Waals surface area contributed by atoms with Gasteiger partial charge in [-0.05, 0) is 41.8 Å². The molecule has 1 nitrogen and oxygen atoms in total. The van der Waals surface area contributed by atoms with E-state index in [9.17, 15) is 0 Å². The van der Waals surface area contributed by atoms with Crippen LogP contribution in [0.5, 0.6) is 0 Å². The van der Waals surface area contributed by atoms with Gasteiger partial charge in [0.05, 0.1) is 5.69 Å². The van der Waals surface area contributed by atoms with Crippen molar-refractivity contribution < 1.29 is 0 Å². The van der Waals surface area contributed by atoms with E-state index in [0.717, 1.165) is 11.3 Å². The molecular weight excluding hydrogens is 230 g/mol. The van der Waals surface area contributed by atoms with Gasteiger partial charge in [0.1, 0.15) is 0 Å². The normalized spacial score (nSPS) is 10.4. The minimum absolute atomic E-state index is 1.01. The van der Waals surface area contributed by atoms with Crippen LogP contribution >= 0.6 is 0 Å². The van der Waals surface area contributed by atoms with Crippen LogP contribution in [-0.2, 0) is 0 Å². The molecule has 0 bridgehead atoms. The van der Waals surface area contributed by atoms with Gasteiger partial charge < -0.3 is 0 Å². The highest BCUT2D eigenvalue weighted by Gasteiger charge is 2.05. The summed E-state index contributed by atoms with van der Waals surface area (Å²) in [5.41, 5.74) is 5.97. The van der Waals surface area contributed by atoms with Crippen LogP contribution in [0.1, 0.15) is 5.56 Å². The van der Waals surface area contributed by atoms with Gasteiger partial charge >= 0.3 is 0 Å². The summed E-state index contributed by atoms with van der Waals surface area (Å²) in [5.74, 6) is 0. The molecule has 0 atom stereocenters. The number of rotatable bonds is 2. The van der Waals surface area contributed by atoms with Gasteiger partial charge in [0, 0.05) is 11.8 Å². The van der Waals surface area contributed by atoms with Crippen molar-refractivity contribution >= 4 is 0 Å². The van der Waals surface area contributed by atoms with E-state index in [4.69, 9.17) is 0 Å². The molecule has 0 amide bonds. The zero-order valence-corrected chi connectivity index (χ0v) is 10.9. The Balaban J connectivity index is 2.12. The smallest absolute Gasteiger partial charge is 0.0702 e. The van der Waals surface area contributed by atoms with Crippen molar-refractivity contribution in [2.45, 2.75) is 6.92 Å². The first-order valence-corrected chi connectivity index (χ1v) is 6.42. The molecule has 0 saturated heterocycles. The molecule has 0 aliphatic carbocycles. The van der Waals surface area contributed by atoms with E-state index in [0.29, 0.717) is 0 Å². The second kappa shape index (κ2) is 5.07. The van der Waals surface area contributed by atoms with Crippen LogP contribution in [0.3, 0.4) is 0 Å². The lowest BCUT2D eigenvalue weighted by Crippen LogP contribution is -1.87. The van der Waals surface area contributed by atoms with Crippen LogP contribution in [-0.4, -0.2) is 4.98 Å². The Kier molecular flexibility index (Phi) is 3.11. The first-order valence-electron chi connectivity index (χ1n) is 6.42. The van der Waals surface area contributed by atoms with Crippen LogP contribution in [0.2, 0.25) is 0 Å². The molecule has 0 fully saturated rings. The number of aromatic nitrogens is 1. The average Bonchev–Trinajstić information content (AvgIpc) is 2.49. The predicted octanol–water partition coefficient (Wildman–Crippen LogP) is 4.72. The monoisotopic (exact) mass is 245 g/mol. The third kappa shape index (κ3) is 2.41. The van der Waals surface area contributed by atoms with E-state index >= 15 is 0 Å². The van der Waals surface area contributed by atoms with Crippen molar-refractivity contribution in [3.05, 3.63) is 78.5 Å². The number of pyridine rings is 1. The molecule has 2 aromatic carbocycles. The summed E-state index contributed by atoms with van der Waals surface area (Å²) in [6, 6.07) is 23.0. The van der Waals surface area contributed by atoms with Gasteiger partial charge in [0.2, 0.25) is 0 Å². The number of benzene rings is 2. The van der Waals surface area contributed by atoms with Gasteiger partial charge in [-0.1, -0.05) is 48.5 Å². The lowest BCUT2D eigenvalue weighted by molar-refractivity contribution is 1.32. The van der Waals surface area contributed by atoms with Gasteiger partial charge in [-0.25, -0.2) is 0 Å². The van der Waals surface area contributed by atoms with Gasteiger partial charge in [-0.3, -0.25) is 4.98 Å². The van der Waals surface area contributed by atoms with E-state index in [1.165, 1.54) is 16.7 Å². The van der Waals surface area contributed by atoms with E-state index in [1.807, 2.05) is 30.5 Å². The maximum Gasteiger partial charge on any atom is 0.0702 e. The molecule has 0 unspecified atom stereocenters.